The molecule has 2 saturated heterocycles. The molecule has 0 spiro atoms. The van der Waals surface area contributed by atoms with Crippen LogP contribution in [0.25, 0.3) is 0 Å². The monoisotopic (exact) mass is 327 g/mol. The molecule has 2 aliphatic heterocycles. The van der Waals surface area contributed by atoms with Crippen molar-refractivity contribution in [2.75, 3.05) is 24.6 Å². The molecule has 2 aliphatic rings. The number of amides is 1. The summed E-state index contributed by atoms with van der Waals surface area (Å²) in [5, 5.41) is 10.5. The van der Waals surface area contributed by atoms with Gasteiger partial charge < -0.3 is 5.32 Å². The SMILES string of the molecule is Cn1cc(C(=O)NC2CCN(C3CCS(=O)(=O)C3)CC2)nn1. The zero-order valence-corrected chi connectivity index (χ0v) is 13.4. The van der Waals surface area contributed by atoms with Gasteiger partial charge in [-0.15, -0.1) is 5.10 Å². The molecule has 0 saturated carbocycles. The van der Waals surface area contributed by atoms with E-state index in [1.807, 2.05) is 0 Å². The summed E-state index contributed by atoms with van der Waals surface area (Å²) in [5.74, 6) is 0.389. The fourth-order valence-electron chi connectivity index (χ4n) is 3.18. The Bertz CT molecular complexity index is 648. The van der Waals surface area contributed by atoms with Gasteiger partial charge in [0, 0.05) is 32.2 Å². The van der Waals surface area contributed by atoms with Crippen LogP contribution in [0.5, 0.6) is 0 Å². The smallest absolute Gasteiger partial charge is 0.273 e. The van der Waals surface area contributed by atoms with Crippen LogP contribution in [0.3, 0.4) is 0 Å². The molecule has 2 fully saturated rings. The number of nitrogens with zero attached hydrogens (tertiary/aromatic N) is 4. The summed E-state index contributed by atoms with van der Waals surface area (Å²) in [6.45, 7) is 1.65. The average Bonchev–Trinajstić information content (AvgIpc) is 3.05. The molecule has 0 bridgehead atoms. The van der Waals surface area contributed by atoms with Crippen molar-refractivity contribution in [2.45, 2.75) is 31.3 Å². The molecule has 1 amide bonds. The number of hydrogen-bond acceptors (Lipinski definition) is 6. The highest BCUT2D eigenvalue weighted by Crippen LogP contribution is 2.21. The van der Waals surface area contributed by atoms with E-state index in [9.17, 15) is 13.2 Å². The first-order valence-corrected chi connectivity index (χ1v) is 9.37. The summed E-state index contributed by atoms with van der Waals surface area (Å²) in [5.41, 5.74) is 0.326. The van der Waals surface area contributed by atoms with Gasteiger partial charge in [-0.2, -0.15) is 0 Å². The number of aromatic nitrogens is 3. The second-order valence-corrected chi connectivity index (χ2v) is 8.35. The van der Waals surface area contributed by atoms with E-state index in [2.05, 4.69) is 20.5 Å². The molecule has 0 aromatic carbocycles. The maximum absolute atomic E-state index is 12.0. The van der Waals surface area contributed by atoms with E-state index < -0.39 is 9.84 Å². The molecular weight excluding hydrogens is 306 g/mol. The molecule has 1 N–H and O–H groups in total. The quantitative estimate of drug-likeness (QED) is 0.780. The van der Waals surface area contributed by atoms with Crippen molar-refractivity contribution < 1.29 is 13.2 Å². The van der Waals surface area contributed by atoms with Crippen LogP contribution in [-0.4, -0.2) is 70.9 Å². The standard InChI is InChI=1S/C13H21N5O3S/c1-17-8-12(15-16-17)13(19)14-10-2-5-18(6-3-10)11-4-7-22(20,21)9-11/h8,10-11H,2-7,9H2,1H3,(H,14,19). The molecule has 3 rings (SSSR count). The van der Waals surface area contributed by atoms with Gasteiger partial charge in [0.1, 0.15) is 0 Å². The normalized spacial score (nSPS) is 26.1. The zero-order valence-electron chi connectivity index (χ0n) is 12.6. The number of rotatable bonds is 3. The van der Waals surface area contributed by atoms with Gasteiger partial charge in [0.05, 0.1) is 17.7 Å². The Morgan fingerprint density at radius 1 is 1.32 bits per heavy atom. The Morgan fingerprint density at radius 3 is 2.59 bits per heavy atom. The van der Waals surface area contributed by atoms with E-state index in [1.54, 1.807) is 13.2 Å². The van der Waals surface area contributed by atoms with Crippen LogP contribution in [0, 0.1) is 0 Å². The molecule has 1 aromatic heterocycles. The Hall–Kier alpha value is -1.48. The Balaban J connectivity index is 1.49. The molecular formula is C13H21N5O3S. The van der Waals surface area contributed by atoms with Crippen molar-refractivity contribution in [1.29, 1.82) is 0 Å². The van der Waals surface area contributed by atoms with Crippen LogP contribution >= 0.6 is 0 Å². The minimum Gasteiger partial charge on any atom is -0.348 e. The minimum absolute atomic E-state index is 0.115. The maximum Gasteiger partial charge on any atom is 0.273 e. The Morgan fingerprint density at radius 2 is 2.05 bits per heavy atom. The molecule has 9 heteroatoms. The van der Waals surface area contributed by atoms with Crippen LogP contribution in [0.2, 0.25) is 0 Å². The number of carbonyl (C=O) groups is 1. The van der Waals surface area contributed by atoms with Gasteiger partial charge in [-0.1, -0.05) is 5.21 Å². The summed E-state index contributed by atoms with van der Waals surface area (Å²) in [6, 6.07) is 0.269. The van der Waals surface area contributed by atoms with E-state index in [-0.39, 0.29) is 23.7 Å². The lowest BCUT2D eigenvalue weighted by Crippen LogP contribution is -2.48. The van der Waals surface area contributed by atoms with Crippen LogP contribution < -0.4 is 5.32 Å². The van der Waals surface area contributed by atoms with Gasteiger partial charge in [-0.25, -0.2) is 8.42 Å². The number of sulfone groups is 1. The van der Waals surface area contributed by atoms with E-state index >= 15 is 0 Å². The molecule has 3 heterocycles. The summed E-state index contributed by atoms with van der Waals surface area (Å²) in [4.78, 5) is 14.3. The second-order valence-electron chi connectivity index (χ2n) is 6.12. The zero-order chi connectivity index (χ0) is 15.7. The number of hydrogen-bond donors (Lipinski definition) is 1. The maximum atomic E-state index is 12.0. The minimum atomic E-state index is -2.84. The highest BCUT2D eigenvalue weighted by Gasteiger charge is 2.34. The number of aryl methyl sites for hydroxylation is 1. The van der Waals surface area contributed by atoms with E-state index in [0.717, 1.165) is 32.4 Å². The number of likely N-dealkylation sites (tertiary alicyclic amines) is 1. The average molecular weight is 327 g/mol. The lowest BCUT2D eigenvalue weighted by molar-refractivity contribution is 0.0893. The lowest BCUT2D eigenvalue weighted by atomic mass is 10.0. The predicted octanol–water partition coefficient (Wildman–Crippen LogP) is -0.804. The molecule has 122 valence electrons. The van der Waals surface area contributed by atoms with Crippen molar-refractivity contribution in [3.05, 3.63) is 11.9 Å². The molecule has 0 radical (unpaired) electrons. The third kappa shape index (κ3) is 3.46. The van der Waals surface area contributed by atoms with Crippen LogP contribution in [0.15, 0.2) is 6.20 Å². The van der Waals surface area contributed by atoms with Crippen molar-refractivity contribution in [3.8, 4) is 0 Å². The second kappa shape index (κ2) is 5.96. The first-order valence-electron chi connectivity index (χ1n) is 7.54. The molecule has 0 aliphatic carbocycles. The highest BCUT2D eigenvalue weighted by atomic mass is 32.2. The topological polar surface area (TPSA) is 97.2 Å². The van der Waals surface area contributed by atoms with Gasteiger partial charge in [0.15, 0.2) is 15.5 Å². The van der Waals surface area contributed by atoms with Crippen molar-refractivity contribution in [2.24, 2.45) is 7.05 Å². The molecule has 1 aromatic rings. The summed E-state index contributed by atoms with van der Waals surface area (Å²) in [6.07, 6.45) is 4.00. The van der Waals surface area contributed by atoms with Gasteiger partial charge in [-0.05, 0) is 19.3 Å². The van der Waals surface area contributed by atoms with Crippen molar-refractivity contribution in [3.63, 3.8) is 0 Å². The van der Waals surface area contributed by atoms with Crippen molar-refractivity contribution in [1.82, 2.24) is 25.2 Å². The first-order chi connectivity index (χ1) is 10.4. The van der Waals surface area contributed by atoms with Crippen LogP contribution in [0.4, 0.5) is 0 Å². The Kier molecular flexibility index (Phi) is 4.18. The first kappa shape index (κ1) is 15.4. The van der Waals surface area contributed by atoms with Crippen molar-refractivity contribution >= 4 is 15.7 Å². The van der Waals surface area contributed by atoms with E-state index in [1.165, 1.54) is 4.68 Å². The van der Waals surface area contributed by atoms with Gasteiger partial charge in [0.25, 0.3) is 5.91 Å². The predicted molar refractivity (Wildman–Crippen MR) is 80.1 cm³/mol. The largest absolute Gasteiger partial charge is 0.348 e. The summed E-state index contributed by atoms with van der Waals surface area (Å²) in [7, 11) is -1.12. The highest BCUT2D eigenvalue weighted by molar-refractivity contribution is 7.91. The van der Waals surface area contributed by atoms with Crippen LogP contribution in [0.1, 0.15) is 29.8 Å². The third-order valence-electron chi connectivity index (χ3n) is 4.42. The number of nitrogens with one attached hydrogen (secondary N) is 1. The third-order valence-corrected chi connectivity index (χ3v) is 6.18. The molecule has 22 heavy (non-hydrogen) atoms. The number of carbonyl (C=O) groups excluding carboxylic acids is 1. The van der Waals surface area contributed by atoms with Gasteiger partial charge >= 0.3 is 0 Å². The molecule has 1 unspecified atom stereocenters. The van der Waals surface area contributed by atoms with Gasteiger partial charge in [-0.3, -0.25) is 14.4 Å². The van der Waals surface area contributed by atoms with E-state index in [4.69, 9.17) is 0 Å². The fraction of sp³-hybridized carbons (Fsp3) is 0.769. The van der Waals surface area contributed by atoms with Crippen LogP contribution in [-0.2, 0) is 16.9 Å². The Labute approximate surface area is 129 Å². The molecule has 8 nitrogen and oxygen atoms in total. The van der Waals surface area contributed by atoms with Gasteiger partial charge in [0.2, 0.25) is 0 Å². The molecule has 1 atom stereocenters. The summed E-state index contributed by atoms with van der Waals surface area (Å²) < 4.78 is 24.6. The number of piperidine rings is 1. The summed E-state index contributed by atoms with van der Waals surface area (Å²) >= 11 is 0. The van der Waals surface area contributed by atoms with E-state index in [0.29, 0.717) is 11.4 Å². The fourth-order valence-corrected chi connectivity index (χ4v) is 4.94. The lowest BCUT2D eigenvalue weighted by Gasteiger charge is -2.35.